The molecule has 1 amide bonds. The second-order valence-corrected chi connectivity index (χ2v) is 5.00. The van der Waals surface area contributed by atoms with Crippen molar-refractivity contribution in [1.82, 2.24) is 10.3 Å². The molecule has 1 atom stereocenters. The first-order chi connectivity index (χ1) is 7.16. The molecule has 0 spiro atoms. The van der Waals surface area contributed by atoms with Crippen LogP contribution < -0.4 is 10.6 Å². The number of halogens is 1. The van der Waals surface area contributed by atoms with Gasteiger partial charge in [-0.15, -0.1) is 23.7 Å². The Morgan fingerprint density at radius 1 is 1.56 bits per heavy atom. The molecule has 0 unspecified atom stereocenters. The minimum absolute atomic E-state index is 0. The third-order valence-electron chi connectivity index (χ3n) is 2.64. The van der Waals surface area contributed by atoms with Gasteiger partial charge in [0.1, 0.15) is 0 Å². The molecule has 2 rings (SSSR count). The highest BCUT2D eigenvalue weighted by molar-refractivity contribution is 7.15. The van der Waals surface area contributed by atoms with E-state index in [9.17, 15) is 4.79 Å². The van der Waals surface area contributed by atoms with Gasteiger partial charge in [0.15, 0.2) is 5.13 Å². The Bertz CT molecular complexity index is 355. The van der Waals surface area contributed by atoms with Crippen molar-refractivity contribution in [2.24, 2.45) is 0 Å². The van der Waals surface area contributed by atoms with Crippen LogP contribution >= 0.6 is 23.7 Å². The van der Waals surface area contributed by atoms with Crippen molar-refractivity contribution in [3.63, 3.8) is 0 Å². The number of amides is 1. The molecule has 16 heavy (non-hydrogen) atoms. The van der Waals surface area contributed by atoms with E-state index in [1.54, 1.807) is 0 Å². The van der Waals surface area contributed by atoms with Gasteiger partial charge in [-0.05, 0) is 33.2 Å². The standard InChI is InChI=1S/C10H15N3OS.ClH/c1-6-7(2)15-10(12-6)13-9(14)8-4-3-5-11-8;/h8,11H,3-5H2,1-2H3,(H,12,13,14);1H/t8-;/m0./s1. The first-order valence-electron chi connectivity index (χ1n) is 5.15. The van der Waals surface area contributed by atoms with Gasteiger partial charge < -0.3 is 10.6 Å². The Kier molecular flexibility index (Phi) is 4.70. The van der Waals surface area contributed by atoms with E-state index in [2.05, 4.69) is 15.6 Å². The number of hydrogen-bond donors (Lipinski definition) is 2. The average molecular weight is 262 g/mol. The molecule has 1 fully saturated rings. The Labute approximate surface area is 105 Å². The lowest BCUT2D eigenvalue weighted by Gasteiger charge is -2.08. The summed E-state index contributed by atoms with van der Waals surface area (Å²) in [5.74, 6) is 0.0428. The van der Waals surface area contributed by atoms with Gasteiger partial charge in [-0.2, -0.15) is 0 Å². The topological polar surface area (TPSA) is 54.0 Å². The highest BCUT2D eigenvalue weighted by Gasteiger charge is 2.22. The van der Waals surface area contributed by atoms with Gasteiger partial charge in [0.05, 0.1) is 11.7 Å². The monoisotopic (exact) mass is 261 g/mol. The zero-order valence-corrected chi connectivity index (χ0v) is 11.0. The average Bonchev–Trinajstić information content (AvgIpc) is 2.77. The zero-order chi connectivity index (χ0) is 10.8. The Morgan fingerprint density at radius 3 is 2.81 bits per heavy atom. The fourth-order valence-electron chi connectivity index (χ4n) is 1.63. The molecule has 0 saturated carbocycles. The molecule has 1 aromatic rings. The summed E-state index contributed by atoms with van der Waals surface area (Å²) in [6.07, 6.45) is 2.00. The van der Waals surface area contributed by atoms with E-state index >= 15 is 0 Å². The molecule has 0 aliphatic carbocycles. The molecule has 1 aliphatic heterocycles. The molecule has 2 heterocycles. The van der Waals surface area contributed by atoms with Gasteiger partial charge in [-0.1, -0.05) is 0 Å². The van der Waals surface area contributed by atoms with Gasteiger partial charge in [-0.25, -0.2) is 4.98 Å². The van der Waals surface area contributed by atoms with Crippen molar-refractivity contribution in [2.75, 3.05) is 11.9 Å². The lowest BCUT2D eigenvalue weighted by Crippen LogP contribution is -2.35. The summed E-state index contributed by atoms with van der Waals surface area (Å²) in [5.41, 5.74) is 0.995. The van der Waals surface area contributed by atoms with E-state index < -0.39 is 0 Å². The lowest BCUT2D eigenvalue weighted by atomic mass is 10.2. The summed E-state index contributed by atoms with van der Waals surface area (Å²) < 4.78 is 0. The van der Waals surface area contributed by atoms with Gasteiger partial charge in [-0.3, -0.25) is 4.79 Å². The van der Waals surface area contributed by atoms with E-state index in [4.69, 9.17) is 0 Å². The summed E-state index contributed by atoms with van der Waals surface area (Å²) in [6, 6.07) is -0.0329. The van der Waals surface area contributed by atoms with Crippen molar-refractivity contribution >= 4 is 34.8 Å². The fourth-order valence-corrected chi connectivity index (χ4v) is 2.44. The zero-order valence-electron chi connectivity index (χ0n) is 9.37. The van der Waals surface area contributed by atoms with E-state index in [1.165, 1.54) is 11.3 Å². The van der Waals surface area contributed by atoms with Crippen LogP contribution in [0, 0.1) is 13.8 Å². The van der Waals surface area contributed by atoms with Crippen LogP contribution in [-0.2, 0) is 4.79 Å². The number of aryl methyl sites for hydroxylation is 2. The second-order valence-electron chi connectivity index (χ2n) is 3.80. The quantitative estimate of drug-likeness (QED) is 0.855. The molecule has 0 radical (unpaired) electrons. The molecule has 1 saturated heterocycles. The molecule has 1 aliphatic rings. The highest BCUT2D eigenvalue weighted by Crippen LogP contribution is 2.21. The molecule has 0 bridgehead atoms. The van der Waals surface area contributed by atoms with Crippen molar-refractivity contribution in [3.05, 3.63) is 10.6 Å². The van der Waals surface area contributed by atoms with Crippen molar-refractivity contribution < 1.29 is 4.79 Å². The molecule has 4 nitrogen and oxygen atoms in total. The number of aromatic nitrogens is 1. The van der Waals surface area contributed by atoms with Crippen molar-refractivity contribution in [1.29, 1.82) is 0 Å². The maximum Gasteiger partial charge on any atom is 0.243 e. The van der Waals surface area contributed by atoms with E-state index in [-0.39, 0.29) is 24.4 Å². The number of carbonyl (C=O) groups excluding carboxylic acids is 1. The number of hydrogen-bond acceptors (Lipinski definition) is 4. The lowest BCUT2D eigenvalue weighted by molar-refractivity contribution is -0.117. The van der Waals surface area contributed by atoms with Gasteiger partial charge in [0.25, 0.3) is 0 Å². The number of carbonyl (C=O) groups is 1. The van der Waals surface area contributed by atoms with Gasteiger partial charge in [0.2, 0.25) is 5.91 Å². The maximum absolute atomic E-state index is 11.7. The van der Waals surface area contributed by atoms with Crippen molar-refractivity contribution in [3.8, 4) is 0 Å². The molecular weight excluding hydrogens is 246 g/mol. The third kappa shape index (κ3) is 2.93. The van der Waals surface area contributed by atoms with Crippen LogP contribution in [-0.4, -0.2) is 23.5 Å². The number of nitrogens with one attached hydrogen (secondary N) is 2. The smallest absolute Gasteiger partial charge is 0.243 e. The van der Waals surface area contributed by atoms with E-state index in [1.807, 2.05) is 13.8 Å². The Balaban J connectivity index is 0.00000128. The summed E-state index contributed by atoms with van der Waals surface area (Å²) in [5, 5.41) is 6.73. The van der Waals surface area contributed by atoms with E-state index in [0.29, 0.717) is 5.13 Å². The fraction of sp³-hybridized carbons (Fsp3) is 0.600. The predicted molar refractivity (Wildman–Crippen MR) is 68.5 cm³/mol. The van der Waals surface area contributed by atoms with Crippen LogP contribution in [0.1, 0.15) is 23.4 Å². The molecular formula is C10H16ClN3OS. The minimum atomic E-state index is -0.0329. The number of thiazole rings is 1. The van der Waals surface area contributed by atoms with Crippen molar-refractivity contribution in [2.45, 2.75) is 32.7 Å². The SMILES string of the molecule is Cc1nc(NC(=O)[C@@H]2CCCN2)sc1C.Cl. The van der Waals surface area contributed by atoms with Crippen LogP contribution in [0.2, 0.25) is 0 Å². The number of anilines is 1. The Hall–Kier alpha value is -0.650. The van der Waals surface area contributed by atoms with Crippen LogP contribution in [0.5, 0.6) is 0 Å². The third-order valence-corrected chi connectivity index (χ3v) is 3.62. The normalized spacial score (nSPS) is 19.2. The second kappa shape index (κ2) is 5.61. The number of rotatable bonds is 2. The first kappa shape index (κ1) is 13.4. The van der Waals surface area contributed by atoms with Crippen LogP contribution in [0.15, 0.2) is 0 Å². The Morgan fingerprint density at radius 2 is 2.31 bits per heavy atom. The minimum Gasteiger partial charge on any atom is -0.306 e. The highest BCUT2D eigenvalue weighted by atomic mass is 35.5. The van der Waals surface area contributed by atoms with Crippen LogP contribution in [0.25, 0.3) is 0 Å². The molecule has 90 valence electrons. The van der Waals surface area contributed by atoms with E-state index in [0.717, 1.165) is 30.0 Å². The summed E-state index contributed by atoms with van der Waals surface area (Å²) in [6.45, 7) is 4.90. The summed E-state index contributed by atoms with van der Waals surface area (Å²) >= 11 is 1.53. The molecule has 6 heteroatoms. The molecule has 1 aromatic heterocycles. The van der Waals surface area contributed by atoms with Crippen LogP contribution in [0.3, 0.4) is 0 Å². The largest absolute Gasteiger partial charge is 0.306 e. The summed E-state index contributed by atoms with van der Waals surface area (Å²) in [7, 11) is 0. The maximum atomic E-state index is 11.7. The summed E-state index contributed by atoms with van der Waals surface area (Å²) in [4.78, 5) is 17.2. The molecule has 2 N–H and O–H groups in total. The molecule has 0 aromatic carbocycles. The number of nitrogens with zero attached hydrogens (tertiary/aromatic N) is 1. The first-order valence-corrected chi connectivity index (χ1v) is 5.97. The van der Waals surface area contributed by atoms with Crippen LogP contribution in [0.4, 0.5) is 5.13 Å². The van der Waals surface area contributed by atoms with Gasteiger partial charge in [0, 0.05) is 4.88 Å². The van der Waals surface area contributed by atoms with Gasteiger partial charge >= 0.3 is 0 Å². The predicted octanol–water partition coefficient (Wildman–Crippen LogP) is 1.87.